The zero-order valence-electron chi connectivity index (χ0n) is 13.1. The molecule has 0 atom stereocenters. The van der Waals surface area contributed by atoms with Gasteiger partial charge in [-0.2, -0.15) is 0 Å². The van der Waals surface area contributed by atoms with Crippen LogP contribution < -0.4 is 10.5 Å². The number of amides is 1. The van der Waals surface area contributed by atoms with Crippen LogP contribution in [-0.4, -0.2) is 20.9 Å². The van der Waals surface area contributed by atoms with Crippen LogP contribution in [0.5, 0.6) is 0 Å². The summed E-state index contributed by atoms with van der Waals surface area (Å²) >= 11 is 0. The number of hydrogen-bond acceptors (Lipinski definition) is 3. The van der Waals surface area contributed by atoms with Gasteiger partial charge in [-0.15, -0.1) is 0 Å². The Morgan fingerprint density at radius 1 is 1.24 bits per heavy atom. The molecule has 6 heteroatoms. The quantitative estimate of drug-likeness (QED) is 0.843. The molecule has 0 fully saturated rings. The van der Waals surface area contributed by atoms with E-state index in [2.05, 4.69) is 19.2 Å². The van der Waals surface area contributed by atoms with E-state index < -0.39 is 10.0 Å². The van der Waals surface area contributed by atoms with E-state index in [0.29, 0.717) is 23.6 Å². The summed E-state index contributed by atoms with van der Waals surface area (Å²) in [4.78, 5) is 12.2. The Balaban J connectivity index is 3.04. The van der Waals surface area contributed by atoms with Crippen LogP contribution in [0, 0.1) is 19.8 Å². The van der Waals surface area contributed by atoms with Crippen LogP contribution in [-0.2, 0) is 10.0 Å². The normalized spacial score (nSPS) is 11.7. The van der Waals surface area contributed by atoms with Crippen molar-refractivity contribution in [1.82, 2.24) is 5.32 Å². The van der Waals surface area contributed by atoms with Crippen molar-refractivity contribution in [1.29, 1.82) is 0 Å². The number of primary sulfonamides is 1. The van der Waals surface area contributed by atoms with E-state index >= 15 is 0 Å². The molecule has 0 unspecified atom stereocenters. The molecule has 0 heterocycles. The van der Waals surface area contributed by atoms with Gasteiger partial charge in [0.05, 0.1) is 4.90 Å². The molecule has 0 spiro atoms. The first-order valence-corrected chi connectivity index (χ1v) is 8.67. The highest BCUT2D eigenvalue weighted by atomic mass is 32.2. The molecule has 0 aliphatic rings. The number of hydrogen-bond donors (Lipinski definition) is 2. The minimum Gasteiger partial charge on any atom is -0.352 e. The first-order valence-electron chi connectivity index (χ1n) is 7.12. The summed E-state index contributed by atoms with van der Waals surface area (Å²) in [6.45, 7) is 8.19. The molecule has 0 bridgehead atoms. The van der Waals surface area contributed by atoms with Crippen molar-refractivity contribution >= 4 is 15.9 Å². The lowest BCUT2D eigenvalue weighted by Crippen LogP contribution is -2.29. The second-order valence-corrected chi connectivity index (χ2v) is 6.88. The van der Waals surface area contributed by atoms with Crippen LogP contribution in [0.3, 0.4) is 0 Å². The molecule has 0 aromatic heterocycles. The van der Waals surface area contributed by atoms with Gasteiger partial charge in [-0.1, -0.05) is 26.7 Å². The molecule has 1 aromatic rings. The van der Waals surface area contributed by atoms with E-state index in [1.165, 1.54) is 6.07 Å². The highest BCUT2D eigenvalue weighted by Crippen LogP contribution is 2.20. The summed E-state index contributed by atoms with van der Waals surface area (Å²) in [5.74, 6) is 0.160. The van der Waals surface area contributed by atoms with Gasteiger partial charge in [0.15, 0.2) is 0 Å². The molecule has 5 nitrogen and oxygen atoms in total. The molecular formula is C15H24N2O3S. The number of sulfonamides is 1. The monoisotopic (exact) mass is 312 g/mol. The Morgan fingerprint density at radius 2 is 1.81 bits per heavy atom. The van der Waals surface area contributed by atoms with Gasteiger partial charge in [0.2, 0.25) is 10.0 Å². The minimum atomic E-state index is -3.83. The summed E-state index contributed by atoms with van der Waals surface area (Å²) in [6, 6.07) is 3.03. The second-order valence-electron chi connectivity index (χ2n) is 5.35. The van der Waals surface area contributed by atoms with Crippen LogP contribution in [0.4, 0.5) is 0 Å². The van der Waals surface area contributed by atoms with E-state index in [1.54, 1.807) is 19.9 Å². The molecule has 3 N–H and O–H groups in total. The van der Waals surface area contributed by atoms with Gasteiger partial charge in [0.25, 0.3) is 5.91 Å². The maximum Gasteiger partial charge on any atom is 0.251 e. The van der Waals surface area contributed by atoms with Gasteiger partial charge in [-0.25, -0.2) is 13.6 Å². The largest absolute Gasteiger partial charge is 0.352 e. The Kier molecular flexibility index (Phi) is 5.92. The highest BCUT2D eigenvalue weighted by molar-refractivity contribution is 7.89. The highest BCUT2D eigenvalue weighted by Gasteiger charge is 2.17. The first kappa shape index (κ1) is 17.7. The second kappa shape index (κ2) is 7.04. The van der Waals surface area contributed by atoms with E-state index in [1.807, 2.05) is 0 Å². The fourth-order valence-electron chi connectivity index (χ4n) is 2.17. The molecule has 1 rings (SSSR count). The van der Waals surface area contributed by atoms with E-state index in [0.717, 1.165) is 18.4 Å². The molecule has 1 aromatic carbocycles. The predicted molar refractivity (Wildman–Crippen MR) is 83.7 cm³/mol. The number of nitrogens with one attached hydrogen (secondary N) is 1. The number of rotatable bonds is 6. The van der Waals surface area contributed by atoms with Crippen molar-refractivity contribution in [2.24, 2.45) is 11.1 Å². The fourth-order valence-corrected chi connectivity index (χ4v) is 3.05. The number of carbonyl (C=O) groups is 1. The lowest BCUT2D eigenvalue weighted by atomic mass is 10.0. The lowest BCUT2D eigenvalue weighted by molar-refractivity contribution is 0.0946. The zero-order chi connectivity index (χ0) is 16.2. The lowest BCUT2D eigenvalue weighted by Gasteiger charge is -2.14. The fraction of sp³-hybridized carbons (Fsp3) is 0.533. The van der Waals surface area contributed by atoms with Crippen molar-refractivity contribution in [2.45, 2.75) is 45.4 Å². The average Bonchev–Trinajstić information content (AvgIpc) is 2.41. The SMILES string of the molecule is CCC(CC)CNC(=O)c1cc(C)c(C)c(S(N)(=O)=O)c1. The van der Waals surface area contributed by atoms with Crippen molar-refractivity contribution in [3.63, 3.8) is 0 Å². The summed E-state index contributed by atoms with van der Waals surface area (Å²) in [5.41, 5.74) is 1.64. The van der Waals surface area contributed by atoms with Crippen molar-refractivity contribution < 1.29 is 13.2 Å². The summed E-state index contributed by atoms with van der Waals surface area (Å²) < 4.78 is 23.2. The van der Waals surface area contributed by atoms with Gasteiger partial charge in [-0.05, 0) is 43.0 Å². The number of nitrogens with two attached hydrogens (primary N) is 1. The standard InChI is InChI=1S/C15H24N2O3S/c1-5-12(6-2)9-17-15(18)13-7-10(3)11(4)14(8-13)21(16,19)20/h7-8,12H,5-6,9H2,1-4H3,(H,17,18)(H2,16,19,20). The Morgan fingerprint density at radius 3 is 2.29 bits per heavy atom. The average molecular weight is 312 g/mol. The number of benzene rings is 1. The third-order valence-electron chi connectivity index (χ3n) is 3.89. The third-order valence-corrected chi connectivity index (χ3v) is 4.93. The van der Waals surface area contributed by atoms with Crippen LogP contribution in [0.25, 0.3) is 0 Å². The first-order chi connectivity index (χ1) is 9.70. The van der Waals surface area contributed by atoms with Gasteiger partial charge < -0.3 is 5.32 Å². The van der Waals surface area contributed by atoms with E-state index in [-0.39, 0.29) is 10.8 Å². The Hall–Kier alpha value is -1.40. The minimum absolute atomic E-state index is 0.00943. The maximum atomic E-state index is 12.2. The molecule has 0 saturated carbocycles. The smallest absolute Gasteiger partial charge is 0.251 e. The van der Waals surface area contributed by atoms with Crippen LogP contribution in [0.1, 0.15) is 48.2 Å². The maximum absolute atomic E-state index is 12.2. The van der Waals surface area contributed by atoms with Crippen LogP contribution in [0.15, 0.2) is 17.0 Å². The molecule has 0 radical (unpaired) electrons. The van der Waals surface area contributed by atoms with E-state index in [4.69, 9.17) is 5.14 Å². The van der Waals surface area contributed by atoms with Crippen molar-refractivity contribution in [3.8, 4) is 0 Å². The number of carbonyl (C=O) groups excluding carboxylic acids is 1. The molecule has 0 aliphatic heterocycles. The predicted octanol–water partition coefficient (Wildman–Crippen LogP) is 2.12. The summed E-state index contributed by atoms with van der Waals surface area (Å²) in [5, 5.41) is 8.05. The Labute approximate surface area is 127 Å². The molecule has 0 saturated heterocycles. The van der Waals surface area contributed by atoms with Gasteiger partial charge >= 0.3 is 0 Å². The summed E-state index contributed by atoms with van der Waals surface area (Å²) in [6.07, 6.45) is 1.98. The number of aryl methyl sites for hydroxylation is 1. The van der Waals surface area contributed by atoms with Crippen molar-refractivity contribution in [3.05, 3.63) is 28.8 Å². The molecule has 1 amide bonds. The van der Waals surface area contributed by atoms with E-state index in [9.17, 15) is 13.2 Å². The van der Waals surface area contributed by atoms with Crippen LogP contribution >= 0.6 is 0 Å². The Bertz CT molecular complexity index is 620. The molecule has 21 heavy (non-hydrogen) atoms. The zero-order valence-corrected chi connectivity index (χ0v) is 13.9. The van der Waals surface area contributed by atoms with Gasteiger partial charge in [0, 0.05) is 12.1 Å². The third kappa shape index (κ3) is 4.54. The molecule has 0 aliphatic carbocycles. The van der Waals surface area contributed by atoms with Gasteiger partial charge in [-0.3, -0.25) is 4.79 Å². The summed E-state index contributed by atoms with van der Waals surface area (Å²) in [7, 11) is -3.83. The molecular weight excluding hydrogens is 288 g/mol. The molecule has 118 valence electrons. The topological polar surface area (TPSA) is 89.3 Å². The van der Waals surface area contributed by atoms with Gasteiger partial charge in [0.1, 0.15) is 0 Å². The van der Waals surface area contributed by atoms with Crippen molar-refractivity contribution in [2.75, 3.05) is 6.54 Å². The van der Waals surface area contributed by atoms with Crippen LogP contribution in [0.2, 0.25) is 0 Å².